The normalized spacial score (nSPS) is 10.5. The third kappa shape index (κ3) is 3.06. The van der Waals surface area contributed by atoms with E-state index >= 15 is 0 Å². The van der Waals surface area contributed by atoms with Gasteiger partial charge in [0.2, 0.25) is 0 Å². The maximum atomic E-state index is 10.9. The Labute approximate surface area is 99.9 Å². The van der Waals surface area contributed by atoms with Gasteiger partial charge in [0.15, 0.2) is 0 Å². The van der Waals surface area contributed by atoms with Crippen LogP contribution in [0, 0.1) is 0 Å². The molecule has 0 amide bonds. The summed E-state index contributed by atoms with van der Waals surface area (Å²) in [5.41, 5.74) is 0.853. The smallest absolute Gasteiger partial charge is 0.335 e. The van der Waals surface area contributed by atoms with Gasteiger partial charge in [-0.05, 0) is 42.5 Å². The molecule has 0 aliphatic rings. The standard InChI is InChI=1S/C13H16O4/c1-3-8(4-2)9-5-10(12(14)15)7-11(6-9)13(16)17/h5-8H,3-4H2,1-2H3,(H,14,15)(H,16,17). The Balaban J connectivity index is 3.30. The van der Waals surface area contributed by atoms with Crippen molar-refractivity contribution in [2.75, 3.05) is 0 Å². The van der Waals surface area contributed by atoms with Gasteiger partial charge in [-0.3, -0.25) is 0 Å². The molecule has 17 heavy (non-hydrogen) atoms. The minimum absolute atomic E-state index is 0.0341. The fourth-order valence-corrected chi connectivity index (χ4v) is 1.89. The third-order valence-corrected chi connectivity index (χ3v) is 2.91. The van der Waals surface area contributed by atoms with Gasteiger partial charge in [-0.25, -0.2) is 9.59 Å². The summed E-state index contributed by atoms with van der Waals surface area (Å²) in [6.07, 6.45) is 1.72. The van der Waals surface area contributed by atoms with Gasteiger partial charge in [0.1, 0.15) is 0 Å². The highest BCUT2D eigenvalue weighted by molar-refractivity contribution is 5.94. The van der Waals surface area contributed by atoms with Gasteiger partial charge in [0.25, 0.3) is 0 Å². The summed E-state index contributed by atoms with van der Waals surface area (Å²) in [6.45, 7) is 4.00. The molecule has 0 spiro atoms. The van der Waals surface area contributed by atoms with Crippen molar-refractivity contribution >= 4 is 11.9 Å². The molecule has 92 valence electrons. The predicted octanol–water partition coefficient (Wildman–Crippen LogP) is 2.99. The van der Waals surface area contributed by atoms with E-state index in [0.29, 0.717) is 0 Å². The molecule has 0 fully saturated rings. The fourth-order valence-electron chi connectivity index (χ4n) is 1.89. The summed E-state index contributed by atoms with van der Waals surface area (Å²) in [4.78, 5) is 21.9. The van der Waals surface area contributed by atoms with E-state index in [1.54, 1.807) is 12.1 Å². The maximum Gasteiger partial charge on any atom is 0.335 e. The number of carbonyl (C=O) groups is 2. The average Bonchev–Trinajstić information content (AvgIpc) is 2.30. The summed E-state index contributed by atoms with van der Waals surface area (Å²) in [7, 11) is 0. The lowest BCUT2D eigenvalue weighted by Gasteiger charge is -2.14. The summed E-state index contributed by atoms with van der Waals surface area (Å²) in [6, 6.07) is 4.31. The van der Waals surface area contributed by atoms with Crippen molar-refractivity contribution in [1.29, 1.82) is 0 Å². The first-order chi connectivity index (χ1) is 7.99. The number of aromatic carboxylic acids is 2. The minimum atomic E-state index is -1.10. The molecule has 0 saturated carbocycles. The number of carboxylic acid groups (broad SMARTS) is 2. The Kier molecular flexibility index (Phi) is 4.26. The van der Waals surface area contributed by atoms with E-state index in [-0.39, 0.29) is 17.0 Å². The Bertz CT molecular complexity index is 401. The molecule has 0 atom stereocenters. The molecule has 0 aliphatic heterocycles. The first-order valence-corrected chi connectivity index (χ1v) is 5.61. The van der Waals surface area contributed by atoms with Gasteiger partial charge in [-0.15, -0.1) is 0 Å². The lowest BCUT2D eigenvalue weighted by atomic mass is 9.91. The second-order valence-electron chi connectivity index (χ2n) is 3.97. The molecule has 0 aliphatic carbocycles. The van der Waals surface area contributed by atoms with Gasteiger partial charge >= 0.3 is 11.9 Å². The van der Waals surface area contributed by atoms with Crippen molar-refractivity contribution in [1.82, 2.24) is 0 Å². The van der Waals surface area contributed by atoms with Crippen LogP contribution in [0.5, 0.6) is 0 Å². The van der Waals surface area contributed by atoms with E-state index in [4.69, 9.17) is 10.2 Å². The van der Waals surface area contributed by atoms with Gasteiger partial charge in [0.05, 0.1) is 11.1 Å². The number of carboxylic acids is 2. The molecule has 0 saturated heterocycles. The van der Waals surface area contributed by atoms with Crippen molar-refractivity contribution in [2.45, 2.75) is 32.6 Å². The molecule has 0 aromatic heterocycles. The van der Waals surface area contributed by atoms with Crippen LogP contribution in [-0.4, -0.2) is 22.2 Å². The van der Waals surface area contributed by atoms with E-state index in [2.05, 4.69) is 0 Å². The first-order valence-electron chi connectivity index (χ1n) is 5.61. The highest BCUT2D eigenvalue weighted by Gasteiger charge is 2.15. The zero-order valence-corrected chi connectivity index (χ0v) is 9.93. The lowest BCUT2D eigenvalue weighted by molar-refractivity contribution is 0.0696. The van der Waals surface area contributed by atoms with Crippen LogP contribution < -0.4 is 0 Å². The van der Waals surface area contributed by atoms with Crippen LogP contribution in [0.1, 0.15) is 58.9 Å². The predicted molar refractivity (Wildman–Crippen MR) is 63.7 cm³/mol. The van der Waals surface area contributed by atoms with Gasteiger partial charge in [-0.2, -0.15) is 0 Å². The Morgan fingerprint density at radius 1 is 1.00 bits per heavy atom. The number of hydrogen-bond donors (Lipinski definition) is 2. The molecule has 1 rings (SSSR count). The van der Waals surface area contributed by atoms with Crippen LogP contribution in [0.3, 0.4) is 0 Å². The van der Waals surface area contributed by atoms with Gasteiger partial charge in [0, 0.05) is 0 Å². The molecule has 1 aromatic rings. The monoisotopic (exact) mass is 236 g/mol. The van der Waals surface area contributed by atoms with Crippen LogP contribution in [0.2, 0.25) is 0 Å². The molecule has 0 bridgehead atoms. The quantitative estimate of drug-likeness (QED) is 0.824. The van der Waals surface area contributed by atoms with Crippen molar-refractivity contribution in [2.24, 2.45) is 0 Å². The van der Waals surface area contributed by atoms with Crippen LogP contribution in [-0.2, 0) is 0 Å². The Morgan fingerprint density at radius 2 is 1.41 bits per heavy atom. The summed E-state index contributed by atoms with van der Waals surface area (Å²) >= 11 is 0. The zero-order valence-electron chi connectivity index (χ0n) is 9.93. The highest BCUT2D eigenvalue weighted by atomic mass is 16.4. The topological polar surface area (TPSA) is 74.6 Å². The summed E-state index contributed by atoms with van der Waals surface area (Å²) < 4.78 is 0. The zero-order chi connectivity index (χ0) is 13.0. The van der Waals surface area contributed by atoms with E-state index < -0.39 is 11.9 Å². The SMILES string of the molecule is CCC(CC)c1cc(C(=O)O)cc(C(=O)O)c1. The number of rotatable bonds is 5. The Morgan fingerprint density at radius 3 is 1.71 bits per heavy atom. The molecule has 0 unspecified atom stereocenters. The fraction of sp³-hybridized carbons (Fsp3) is 0.385. The largest absolute Gasteiger partial charge is 0.478 e. The number of hydrogen-bond acceptors (Lipinski definition) is 2. The molecule has 4 heteroatoms. The Hall–Kier alpha value is -1.84. The van der Waals surface area contributed by atoms with E-state index in [9.17, 15) is 9.59 Å². The molecule has 0 heterocycles. The molecule has 0 radical (unpaired) electrons. The molecular formula is C13H16O4. The van der Waals surface area contributed by atoms with Crippen molar-refractivity contribution in [3.8, 4) is 0 Å². The van der Waals surface area contributed by atoms with E-state index in [0.717, 1.165) is 18.4 Å². The highest BCUT2D eigenvalue weighted by Crippen LogP contribution is 2.25. The summed E-state index contributed by atoms with van der Waals surface area (Å²) in [5.74, 6) is -1.99. The first kappa shape index (κ1) is 13.2. The second-order valence-corrected chi connectivity index (χ2v) is 3.97. The third-order valence-electron chi connectivity index (χ3n) is 2.91. The molecular weight excluding hydrogens is 220 g/mol. The van der Waals surface area contributed by atoms with Crippen molar-refractivity contribution < 1.29 is 19.8 Å². The van der Waals surface area contributed by atoms with Crippen molar-refractivity contribution in [3.05, 3.63) is 34.9 Å². The van der Waals surface area contributed by atoms with Crippen LogP contribution in [0.4, 0.5) is 0 Å². The maximum absolute atomic E-state index is 10.9. The van der Waals surface area contributed by atoms with Crippen LogP contribution in [0.15, 0.2) is 18.2 Å². The molecule has 1 aromatic carbocycles. The van der Waals surface area contributed by atoms with Crippen LogP contribution >= 0.6 is 0 Å². The van der Waals surface area contributed by atoms with E-state index in [1.165, 1.54) is 6.07 Å². The van der Waals surface area contributed by atoms with Gasteiger partial charge < -0.3 is 10.2 Å². The van der Waals surface area contributed by atoms with Gasteiger partial charge in [-0.1, -0.05) is 13.8 Å². The number of benzene rings is 1. The molecule has 4 nitrogen and oxygen atoms in total. The lowest BCUT2D eigenvalue weighted by Crippen LogP contribution is -2.06. The minimum Gasteiger partial charge on any atom is -0.478 e. The second kappa shape index (κ2) is 5.48. The molecule has 2 N–H and O–H groups in total. The van der Waals surface area contributed by atoms with Crippen molar-refractivity contribution in [3.63, 3.8) is 0 Å². The van der Waals surface area contributed by atoms with E-state index in [1.807, 2.05) is 13.8 Å². The van der Waals surface area contributed by atoms with Crippen LogP contribution in [0.25, 0.3) is 0 Å². The average molecular weight is 236 g/mol. The summed E-state index contributed by atoms with van der Waals surface area (Å²) in [5, 5.41) is 17.9.